The summed E-state index contributed by atoms with van der Waals surface area (Å²) in [7, 11) is 0. The second-order valence-corrected chi connectivity index (χ2v) is 7.16. The molecule has 0 spiro atoms. The minimum atomic E-state index is -0.351. The van der Waals surface area contributed by atoms with Crippen molar-refractivity contribution < 1.29 is 13.9 Å². The molecule has 1 saturated heterocycles. The van der Waals surface area contributed by atoms with E-state index in [-0.39, 0.29) is 17.6 Å². The van der Waals surface area contributed by atoms with Gasteiger partial charge in [-0.05, 0) is 55.0 Å². The highest BCUT2D eigenvalue weighted by Crippen LogP contribution is 2.23. The number of hydrogen-bond donors (Lipinski definition) is 0. The molecule has 0 aliphatic carbocycles. The Morgan fingerprint density at radius 2 is 1.83 bits per heavy atom. The van der Waals surface area contributed by atoms with E-state index in [1.54, 1.807) is 4.90 Å². The number of hydrogen-bond acceptors (Lipinski definition) is 5. The van der Waals surface area contributed by atoms with Gasteiger partial charge in [-0.3, -0.25) is 4.79 Å². The first kappa shape index (κ1) is 19.5. The molecule has 1 aliphatic heterocycles. The number of nitrogens with zero attached hydrogens (tertiary/aromatic N) is 4. The van der Waals surface area contributed by atoms with Crippen molar-refractivity contribution in [3.8, 4) is 23.2 Å². The van der Waals surface area contributed by atoms with Crippen molar-refractivity contribution in [3.63, 3.8) is 0 Å². The quantitative estimate of drug-likeness (QED) is 0.650. The third kappa shape index (κ3) is 4.44. The van der Waals surface area contributed by atoms with Crippen molar-refractivity contribution >= 4 is 5.91 Å². The van der Waals surface area contributed by atoms with E-state index in [1.165, 1.54) is 36.7 Å². The lowest BCUT2D eigenvalue weighted by Crippen LogP contribution is -2.29. The Labute approximate surface area is 173 Å². The average Bonchev–Trinajstić information content (AvgIpc) is 3.27. The van der Waals surface area contributed by atoms with Gasteiger partial charge in [0.1, 0.15) is 17.6 Å². The third-order valence-electron chi connectivity index (χ3n) is 5.04. The Bertz CT molecular complexity index is 1060. The van der Waals surface area contributed by atoms with Crippen LogP contribution in [0, 0.1) is 23.1 Å². The summed E-state index contributed by atoms with van der Waals surface area (Å²) in [6.07, 6.45) is 3.85. The molecule has 2 heterocycles. The Kier molecular flexibility index (Phi) is 5.66. The van der Waals surface area contributed by atoms with Crippen molar-refractivity contribution in [2.75, 3.05) is 19.7 Å². The van der Waals surface area contributed by atoms with E-state index < -0.39 is 0 Å². The van der Waals surface area contributed by atoms with Gasteiger partial charge in [-0.2, -0.15) is 5.26 Å². The lowest BCUT2D eigenvalue weighted by molar-refractivity contribution is 0.0783. The molecule has 1 unspecified atom stereocenters. The first-order valence-corrected chi connectivity index (χ1v) is 9.62. The number of carbonyl (C=O) groups is 1. The summed E-state index contributed by atoms with van der Waals surface area (Å²) >= 11 is 0. The fourth-order valence-electron chi connectivity index (χ4n) is 3.38. The number of aromatic nitrogens is 2. The van der Waals surface area contributed by atoms with Crippen molar-refractivity contribution in [2.24, 2.45) is 5.92 Å². The van der Waals surface area contributed by atoms with Crippen molar-refractivity contribution in [2.45, 2.75) is 6.42 Å². The lowest BCUT2D eigenvalue weighted by atomic mass is 10.1. The topological polar surface area (TPSA) is 79.1 Å². The highest BCUT2D eigenvalue weighted by Gasteiger charge is 2.27. The molecule has 2 aromatic carbocycles. The van der Waals surface area contributed by atoms with Gasteiger partial charge in [0.2, 0.25) is 0 Å². The van der Waals surface area contributed by atoms with Gasteiger partial charge < -0.3 is 9.64 Å². The van der Waals surface area contributed by atoms with Crippen LogP contribution in [0.1, 0.15) is 22.3 Å². The molecular weight excluding hydrogens is 383 g/mol. The number of likely N-dealkylation sites (tertiary alicyclic amines) is 1. The van der Waals surface area contributed by atoms with Crippen LogP contribution in [-0.4, -0.2) is 40.5 Å². The Morgan fingerprint density at radius 1 is 1.13 bits per heavy atom. The maximum atomic E-state index is 13.0. The minimum Gasteiger partial charge on any atom is -0.493 e. The molecule has 4 rings (SSSR count). The van der Waals surface area contributed by atoms with Crippen LogP contribution < -0.4 is 4.74 Å². The maximum absolute atomic E-state index is 13.0. The zero-order chi connectivity index (χ0) is 20.9. The molecule has 150 valence electrons. The smallest absolute Gasteiger partial charge is 0.253 e. The number of halogens is 1. The first-order chi connectivity index (χ1) is 14.6. The first-order valence-electron chi connectivity index (χ1n) is 9.62. The van der Waals surface area contributed by atoms with E-state index in [9.17, 15) is 9.18 Å². The predicted octanol–water partition coefficient (Wildman–Crippen LogP) is 3.70. The number of nitriles is 1. The van der Waals surface area contributed by atoms with Gasteiger partial charge >= 0.3 is 0 Å². The fraction of sp³-hybridized carbons (Fsp3) is 0.217. The molecule has 6 nitrogen and oxygen atoms in total. The van der Waals surface area contributed by atoms with Crippen molar-refractivity contribution in [3.05, 3.63) is 77.9 Å². The standard InChI is InChI=1S/C23H19FN4O2/c24-20-5-1-19(2-6-20)23(29)28-10-9-16(14-28)15-30-21-7-3-18(4-8-21)22-26-12-17(11-25)13-27-22/h1-8,12-13,16H,9-10,14-15H2. The summed E-state index contributed by atoms with van der Waals surface area (Å²) in [5.41, 5.74) is 1.75. The number of benzene rings is 2. The molecule has 3 aromatic rings. The Hall–Kier alpha value is -3.79. The summed E-state index contributed by atoms with van der Waals surface area (Å²) in [5.74, 6) is 1.10. The Morgan fingerprint density at radius 3 is 2.50 bits per heavy atom. The van der Waals surface area contributed by atoms with E-state index in [2.05, 4.69) is 9.97 Å². The summed E-state index contributed by atoms with van der Waals surface area (Å²) in [6, 6.07) is 15.1. The van der Waals surface area contributed by atoms with Crippen molar-refractivity contribution in [1.29, 1.82) is 5.26 Å². The van der Waals surface area contributed by atoms with Crippen LogP contribution in [0.5, 0.6) is 5.75 Å². The van der Waals surface area contributed by atoms with Gasteiger partial charge in [-0.15, -0.1) is 0 Å². The van der Waals surface area contributed by atoms with E-state index in [0.29, 0.717) is 36.6 Å². The van der Waals surface area contributed by atoms with Gasteiger partial charge in [0.15, 0.2) is 5.82 Å². The van der Waals surface area contributed by atoms with Crippen LogP contribution in [0.3, 0.4) is 0 Å². The molecule has 1 aliphatic rings. The molecule has 1 atom stereocenters. The number of amides is 1. The van der Waals surface area contributed by atoms with Crippen LogP contribution in [0.25, 0.3) is 11.4 Å². The van der Waals surface area contributed by atoms with E-state index >= 15 is 0 Å². The van der Waals surface area contributed by atoms with Crippen LogP contribution in [0.15, 0.2) is 60.9 Å². The largest absolute Gasteiger partial charge is 0.493 e. The van der Waals surface area contributed by atoms with Gasteiger partial charge in [0, 0.05) is 42.5 Å². The summed E-state index contributed by atoms with van der Waals surface area (Å²) in [4.78, 5) is 22.7. The number of rotatable bonds is 5. The van der Waals surface area contributed by atoms with Crippen LogP contribution >= 0.6 is 0 Å². The van der Waals surface area contributed by atoms with E-state index in [0.717, 1.165) is 17.7 Å². The van der Waals surface area contributed by atoms with E-state index in [1.807, 2.05) is 30.3 Å². The molecule has 30 heavy (non-hydrogen) atoms. The second kappa shape index (κ2) is 8.70. The monoisotopic (exact) mass is 402 g/mol. The average molecular weight is 402 g/mol. The molecular formula is C23H19FN4O2. The van der Waals surface area contributed by atoms with E-state index in [4.69, 9.17) is 10.00 Å². The zero-order valence-electron chi connectivity index (χ0n) is 16.2. The summed E-state index contributed by atoms with van der Waals surface area (Å²) in [5, 5.41) is 8.82. The van der Waals surface area contributed by atoms with Crippen molar-refractivity contribution in [1.82, 2.24) is 14.9 Å². The van der Waals surface area contributed by atoms with Gasteiger partial charge in [0.25, 0.3) is 5.91 Å². The SMILES string of the molecule is N#Cc1cnc(-c2ccc(OCC3CCN(C(=O)c4ccc(F)cc4)C3)cc2)nc1. The number of ether oxygens (including phenoxy) is 1. The predicted molar refractivity (Wildman–Crippen MR) is 108 cm³/mol. The summed E-state index contributed by atoms with van der Waals surface area (Å²) in [6.45, 7) is 1.80. The highest BCUT2D eigenvalue weighted by molar-refractivity contribution is 5.94. The van der Waals surface area contributed by atoms with Crippen LogP contribution in [0.4, 0.5) is 4.39 Å². The zero-order valence-corrected chi connectivity index (χ0v) is 16.2. The molecule has 0 saturated carbocycles. The van der Waals surface area contributed by atoms with Gasteiger partial charge in [-0.1, -0.05) is 0 Å². The van der Waals surface area contributed by atoms with Gasteiger partial charge in [-0.25, -0.2) is 14.4 Å². The lowest BCUT2D eigenvalue weighted by Gasteiger charge is -2.17. The second-order valence-electron chi connectivity index (χ2n) is 7.16. The normalized spacial score (nSPS) is 15.6. The van der Waals surface area contributed by atoms with Crippen LogP contribution in [0.2, 0.25) is 0 Å². The minimum absolute atomic E-state index is 0.0794. The molecule has 7 heteroatoms. The highest BCUT2D eigenvalue weighted by atomic mass is 19.1. The molecule has 0 N–H and O–H groups in total. The number of carbonyl (C=O) groups excluding carboxylic acids is 1. The molecule has 1 amide bonds. The molecule has 0 radical (unpaired) electrons. The molecule has 0 bridgehead atoms. The van der Waals surface area contributed by atoms with Gasteiger partial charge in [0.05, 0.1) is 12.2 Å². The fourth-order valence-corrected chi connectivity index (χ4v) is 3.38. The Balaban J connectivity index is 1.30. The molecule has 1 aromatic heterocycles. The summed E-state index contributed by atoms with van der Waals surface area (Å²) < 4.78 is 18.9. The van der Waals surface area contributed by atoms with Crippen LogP contribution in [-0.2, 0) is 0 Å². The third-order valence-corrected chi connectivity index (χ3v) is 5.04. The maximum Gasteiger partial charge on any atom is 0.253 e. The molecule has 1 fully saturated rings.